The molecule has 1 unspecified atom stereocenters. The van der Waals surface area contributed by atoms with E-state index in [0.29, 0.717) is 36.5 Å². The van der Waals surface area contributed by atoms with Crippen molar-refractivity contribution in [3.05, 3.63) is 24.0 Å². The standard InChI is InChI=1S/C13H15N3O4/c14-13(18)8-4-9-12-10(5-8)20-6-11(16(12)7-15-9)19-3-1-2-17/h4-5,7,11,17H,1-3,6H2,(H2,14,18). The van der Waals surface area contributed by atoms with Crippen LogP contribution in [0.15, 0.2) is 18.5 Å². The number of benzene rings is 1. The highest BCUT2D eigenvalue weighted by atomic mass is 16.5. The molecule has 0 radical (unpaired) electrons. The number of carbonyl (C=O) groups excluding carboxylic acids is 1. The van der Waals surface area contributed by atoms with Gasteiger partial charge in [0.2, 0.25) is 5.91 Å². The number of hydrogen-bond donors (Lipinski definition) is 2. The number of ether oxygens (including phenoxy) is 2. The van der Waals surface area contributed by atoms with Crippen molar-refractivity contribution < 1.29 is 19.4 Å². The van der Waals surface area contributed by atoms with Gasteiger partial charge in [0.25, 0.3) is 0 Å². The van der Waals surface area contributed by atoms with E-state index in [1.165, 1.54) is 0 Å². The van der Waals surface area contributed by atoms with Crippen molar-refractivity contribution in [2.24, 2.45) is 5.73 Å². The van der Waals surface area contributed by atoms with Crippen LogP contribution in [0.5, 0.6) is 5.75 Å². The Hall–Kier alpha value is -2.12. The predicted octanol–water partition coefficient (Wildman–Crippen LogP) is 0.425. The minimum Gasteiger partial charge on any atom is -0.487 e. The van der Waals surface area contributed by atoms with E-state index in [1.54, 1.807) is 18.5 Å². The molecule has 1 aliphatic rings. The fraction of sp³-hybridized carbons (Fsp3) is 0.385. The molecule has 1 aliphatic heterocycles. The van der Waals surface area contributed by atoms with E-state index in [-0.39, 0.29) is 12.8 Å². The summed E-state index contributed by atoms with van der Waals surface area (Å²) in [5, 5.41) is 8.77. The monoisotopic (exact) mass is 277 g/mol. The minimum absolute atomic E-state index is 0.0888. The lowest BCUT2D eigenvalue weighted by Crippen LogP contribution is -2.25. The molecule has 3 N–H and O–H groups in total. The summed E-state index contributed by atoms with van der Waals surface area (Å²) < 4.78 is 13.2. The first-order valence-corrected chi connectivity index (χ1v) is 6.36. The van der Waals surface area contributed by atoms with Crippen LogP contribution < -0.4 is 10.5 Å². The molecule has 0 saturated carbocycles. The number of aromatic nitrogens is 2. The third-order valence-corrected chi connectivity index (χ3v) is 3.22. The molecule has 1 amide bonds. The average molecular weight is 277 g/mol. The first kappa shape index (κ1) is 12.9. The zero-order valence-corrected chi connectivity index (χ0v) is 10.8. The van der Waals surface area contributed by atoms with Gasteiger partial charge in [-0.05, 0) is 18.6 Å². The molecule has 0 spiro atoms. The second-order valence-electron chi connectivity index (χ2n) is 4.57. The fourth-order valence-corrected chi connectivity index (χ4v) is 2.26. The van der Waals surface area contributed by atoms with Gasteiger partial charge < -0.3 is 20.3 Å². The molecular formula is C13H15N3O4. The van der Waals surface area contributed by atoms with Crippen molar-refractivity contribution in [2.45, 2.75) is 12.6 Å². The van der Waals surface area contributed by atoms with Crippen molar-refractivity contribution in [3.63, 3.8) is 0 Å². The molecule has 7 heteroatoms. The van der Waals surface area contributed by atoms with Gasteiger partial charge in [-0.3, -0.25) is 9.36 Å². The van der Waals surface area contributed by atoms with Crippen molar-refractivity contribution in [3.8, 4) is 5.75 Å². The van der Waals surface area contributed by atoms with Crippen LogP contribution in [0, 0.1) is 0 Å². The Labute approximate surface area is 114 Å². The summed E-state index contributed by atoms with van der Waals surface area (Å²) in [5.74, 6) is 0.0680. The number of nitrogens with zero attached hydrogens (tertiary/aromatic N) is 2. The quantitative estimate of drug-likeness (QED) is 0.772. The van der Waals surface area contributed by atoms with Gasteiger partial charge in [-0.1, -0.05) is 0 Å². The third kappa shape index (κ3) is 2.10. The molecular weight excluding hydrogens is 262 g/mol. The molecule has 3 rings (SSSR count). The van der Waals surface area contributed by atoms with Crippen molar-refractivity contribution in [1.82, 2.24) is 9.55 Å². The van der Waals surface area contributed by atoms with Gasteiger partial charge in [0.15, 0.2) is 6.23 Å². The summed E-state index contributed by atoms with van der Waals surface area (Å²) in [5.41, 5.74) is 7.09. The number of hydrogen-bond acceptors (Lipinski definition) is 5. The number of nitrogens with two attached hydrogens (primary N) is 1. The lowest BCUT2D eigenvalue weighted by Gasteiger charge is -2.25. The predicted molar refractivity (Wildman–Crippen MR) is 70.4 cm³/mol. The highest BCUT2D eigenvalue weighted by molar-refractivity contribution is 5.98. The van der Waals surface area contributed by atoms with Gasteiger partial charge in [-0.15, -0.1) is 0 Å². The molecule has 20 heavy (non-hydrogen) atoms. The van der Waals surface area contributed by atoms with E-state index in [9.17, 15) is 4.79 Å². The van der Waals surface area contributed by atoms with E-state index in [2.05, 4.69) is 4.98 Å². The molecule has 0 bridgehead atoms. The maximum absolute atomic E-state index is 11.3. The van der Waals surface area contributed by atoms with Gasteiger partial charge in [0.05, 0.1) is 18.5 Å². The number of imidazole rings is 1. The SMILES string of the molecule is NC(=O)c1cc2c3c(c1)ncn3C(OCCCO)CO2. The molecule has 2 aromatic rings. The maximum Gasteiger partial charge on any atom is 0.248 e. The molecule has 106 valence electrons. The van der Waals surface area contributed by atoms with Crippen LogP contribution in [0.25, 0.3) is 11.0 Å². The Bertz CT molecular complexity index is 652. The van der Waals surface area contributed by atoms with Gasteiger partial charge >= 0.3 is 0 Å². The van der Waals surface area contributed by atoms with E-state index < -0.39 is 5.91 Å². The Morgan fingerprint density at radius 3 is 3.20 bits per heavy atom. The molecule has 7 nitrogen and oxygen atoms in total. The maximum atomic E-state index is 11.3. The second kappa shape index (κ2) is 5.10. The zero-order valence-electron chi connectivity index (χ0n) is 10.8. The fourth-order valence-electron chi connectivity index (χ4n) is 2.26. The van der Waals surface area contributed by atoms with Crippen LogP contribution in [0.3, 0.4) is 0 Å². The summed E-state index contributed by atoms with van der Waals surface area (Å²) in [6.45, 7) is 0.858. The van der Waals surface area contributed by atoms with E-state index >= 15 is 0 Å². The molecule has 1 aromatic heterocycles. The molecule has 0 fully saturated rings. The number of carbonyl (C=O) groups is 1. The first-order chi connectivity index (χ1) is 9.70. The Balaban J connectivity index is 1.96. The van der Waals surface area contributed by atoms with Crippen molar-refractivity contribution >= 4 is 16.9 Å². The highest BCUT2D eigenvalue weighted by Gasteiger charge is 2.24. The lowest BCUT2D eigenvalue weighted by molar-refractivity contribution is -0.0355. The topological polar surface area (TPSA) is 99.6 Å². The average Bonchev–Trinajstić information content (AvgIpc) is 2.87. The second-order valence-corrected chi connectivity index (χ2v) is 4.57. The third-order valence-electron chi connectivity index (χ3n) is 3.22. The van der Waals surface area contributed by atoms with Crippen LogP contribution >= 0.6 is 0 Å². The largest absolute Gasteiger partial charge is 0.487 e. The van der Waals surface area contributed by atoms with Crippen LogP contribution in [0.4, 0.5) is 0 Å². The van der Waals surface area contributed by atoms with Gasteiger partial charge in [-0.2, -0.15) is 0 Å². The summed E-state index contributed by atoms with van der Waals surface area (Å²) >= 11 is 0. The van der Waals surface area contributed by atoms with Crippen molar-refractivity contribution in [2.75, 3.05) is 19.8 Å². The van der Waals surface area contributed by atoms with Crippen LogP contribution in [0.1, 0.15) is 23.0 Å². The molecule has 1 aromatic carbocycles. The Kier molecular flexibility index (Phi) is 3.29. The molecule has 0 saturated heterocycles. The molecule has 0 aliphatic carbocycles. The Morgan fingerprint density at radius 2 is 2.45 bits per heavy atom. The van der Waals surface area contributed by atoms with E-state index in [4.69, 9.17) is 20.3 Å². The normalized spacial score (nSPS) is 17.1. The summed E-state index contributed by atoms with van der Waals surface area (Å²) in [7, 11) is 0. The number of aliphatic hydroxyl groups is 1. The molecule has 1 atom stereocenters. The zero-order chi connectivity index (χ0) is 14.1. The summed E-state index contributed by atoms with van der Waals surface area (Å²) in [6, 6.07) is 3.25. The van der Waals surface area contributed by atoms with Crippen molar-refractivity contribution in [1.29, 1.82) is 0 Å². The van der Waals surface area contributed by atoms with Gasteiger partial charge in [-0.25, -0.2) is 4.98 Å². The van der Waals surface area contributed by atoms with Crippen LogP contribution in [-0.4, -0.2) is 40.4 Å². The smallest absolute Gasteiger partial charge is 0.248 e. The first-order valence-electron chi connectivity index (χ1n) is 6.36. The highest BCUT2D eigenvalue weighted by Crippen LogP contribution is 2.33. The molecule has 2 heterocycles. The van der Waals surface area contributed by atoms with Gasteiger partial charge in [0, 0.05) is 12.2 Å². The summed E-state index contributed by atoms with van der Waals surface area (Å²) in [4.78, 5) is 15.5. The Morgan fingerprint density at radius 1 is 1.60 bits per heavy atom. The number of aliphatic hydroxyl groups excluding tert-OH is 1. The summed E-state index contributed by atoms with van der Waals surface area (Å²) in [6.07, 6.45) is 1.95. The minimum atomic E-state index is -0.511. The number of rotatable bonds is 5. The van der Waals surface area contributed by atoms with E-state index in [0.717, 1.165) is 5.52 Å². The van der Waals surface area contributed by atoms with Crippen LogP contribution in [0.2, 0.25) is 0 Å². The number of amides is 1. The van der Waals surface area contributed by atoms with E-state index in [1.807, 2.05) is 4.57 Å². The number of primary amides is 1. The van der Waals surface area contributed by atoms with Gasteiger partial charge in [0.1, 0.15) is 17.9 Å². The van der Waals surface area contributed by atoms with Crippen LogP contribution in [-0.2, 0) is 4.74 Å². The lowest BCUT2D eigenvalue weighted by atomic mass is 10.1.